The van der Waals surface area contributed by atoms with Gasteiger partial charge in [-0.25, -0.2) is 0 Å². The van der Waals surface area contributed by atoms with Crippen LogP contribution >= 0.6 is 0 Å². The molecule has 2 aliphatic rings. The highest BCUT2D eigenvalue weighted by Gasteiger charge is 2.24. The fraction of sp³-hybridized carbons (Fsp3) is 0.600. The smallest absolute Gasteiger partial charge is 0.323 e. The Kier molecular flexibility index (Phi) is 11.9. The molecule has 0 atom stereocenters. The first-order valence-corrected chi connectivity index (χ1v) is 12.3. The molecular weight excluding hydrogens is 452 g/mol. The predicted molar refractivity (Wildman–Crippen MR) is 134 cm³/mol. The number of nitrogens with zero attached hydrogens (tertiary/aromatic N) is 4. The predicted octanol–water partition coefficient (Wildman–Crippen LogP) is 2.13. The number of carbonyl (C=O) groups excluding carboxylic acids is 2. The number of piperidine rings is 2. The topological polar surface area (TPSA) is 122 Å². The summed E-state index contributed by atoms with van der Waals surface area (Å²) < 4.78 is 0. The van der Waals surface area contributed by atoms with E-state index in [1.54, 1.807) is 34.1 Å². The van der Waals surface area contributed by atoms with Gasteiger partial charge in [0.25, 0.3) is 0 Å². The Morgan fingerprint density at radius 2 is 1.29 bits per heavy atom. The van der Waals surface area contributed by atoms with E-state index in [4.69, 9.17) is 5.11 Å². The molecule has 2 N–H and O–H groups in total. The van der Waals surface area contributed by atoms with Crippen molar-refractivity contribution in [1.82, 2.24) is 9.80 Å². The van der Waals surface area contributed by atoms with Crippen molar-refractivity contribution in [3.8, 4) is 0 Å². The van der Waals surface area contributed by atoms with Gasteiger partial charge in [-0.15, -0.1) is 0 Å². The minimum Gasteiger partial charge on any atom is -0.480 e. The maximum Gasteiger partial charge on any atom is 0.323 e. The summed E-state index contributed by atoms with van der Waals surface area (Å²) in [5.74, 6) is -2.12. The minimum absolute atomic E-state index is 0.0477. The number of para-hydroxylation sites is 2. The summed E-state index contributed by atoms with van der Waals surface area (Å²) in [7, 11) is 0. The number of anilines is 2. The van der Waals surface area contributed by atoms with Crippen LogP contribution in [-0.2, 0) is 19.2 Å². The molecule has 2 saturated heterocycles. The van der Waals surface area contributed by atoms with Crippen molar-refractivity contribution in [3.63, 3.8) is 0 Å². The molecule has 0 saturated carbocycles. The van der Waals surface area contributed by atoms with Gasteiger partial charge < -0.3 is 29.8 Å². The van der Waals surface area contributed by atoms with E-state index in [2.05, 4.69) is 0 Å². The first kappa shape index (κ1) is 27.9. The summed E-state index contributed by atoms with van der Waals surface area (Å²) in [5, 5.41) is 18.5. The number of carboxylic acid groups (broad SMARTS) is 2. The molecular formula is C25H38N4O6. The summed E-state index contributed by atoms with van der Waals surface area (Å²) in [6.07, 6.45) is 7.65. The van der Waals surface area contributed by atoms with Crippen molar-refractivity contribution in [2.75, 3.05) is 62.2 Å². The van der Waals surface area contributed by atoms with E-state index in [1.165, 1.54) is 24.2 Å². The van der Waals surface area contributed by atoms with E-state index in [0.717, 1.165) is 38.8 Å². The lowest BCUT2D eigenvalue weighted by Crippen LogP contribution is -2.44. The Labute approximate surface area is 207 Å². The maximum absolute atomic E-state index is 12.7. The summed E-state index contributed by atoms with van der Waals surface area (Å²) >= 11 is 0. The van der Waals surface area contributed by atoms with Crippen LogP contribution < -0.4 is 9.80 Å². The second kappa shape index (κ2) is 14.9. The first-order valence-electron chi connectivity index (χ1n) is 12.3. The van der Waals surface area contributed by atoms with Crippen LogP contribution in [0.3, 0.4) is 0 Å². The first-order chi connectivity index (χ1) is 16.8. The fourth-order valence-electron chi connectivity index (χ4n) is 4.35. The third-order valence-corrected chi connectivity index (χ3v) is 6.17. The van der Waals surface area contributed by atoms with Crippen LogP contribution in [0.1, 0.15) is 45.4 Å². The standard InChI is InChI=1S/C19H27N3O5.C6H11NO/c1-2-20(13-18(24)25)15-8-4-5-9-16(15)22(14-19(26)27)12-17(23)21-10-6-3-7-11-21;8-6-7-4-2-1-3-5-7/h4-5,8-9H,2-3,6-7,10-14H2,1H3,(H,24,25)(H,26,27);6H,1-5H2. The van der Waals surface area contributed by atoms with E-state index in [9.17, 15) is 24.3 Å². The van der Waals surface area contributed by atoms with Crippen LogP contribution in [0.4, 0.5) is 11.4 Å². The lowest BCUT2D eigenvalue weighted by molar-refractivity contribution is -0.136. The lowest BCUT2D eigenvalue weighted by Gasteiger charge is -2.33. The minimum atomic E-state index is -1.04. The van der Waals surface area contributed by atoms with Crippen molar-refractivity contribution in [2.24, 2.45) is 0 Å². The zero-order valence-electron chi connectivity index (χ0n) is 20.6. The van der Waals surface area contributed by atoms with Crippen molar-refractivity contribution in [3.05, 3.63) is 24.3 Å². The van der Waals surface area contributed by atoms with Gasteiger partial charge in [-0.05, 0) is 57.6 Å². The molecule has 0 aliphatic carbocycles. The Morgan fingerprint density at radius 3 is 1.74 bits per heavy atom. The van der Waals surface area contributed by atoms with Gasteiger partial charge in [0.15, 0.2) is 0 Å². The number of likely N-dealkylation sites (tertiary alicyclic amines) is 2. The molecule has 0 aromatic heterocycles. The SMILES string of the molecule is CCN(CC(=O)O)c1ccccc1N(CC(=O)O)CC(=O)N1CCCCC1.O=CN1CCCCC1. The largest absolute Gasteiger partial charge is 0.480 e. The third-order valence-electron chi connectivity index (χ3n) is 6.17. The fourth-order valence-corrected chi connectivity index (χ4v) is 4.35. The van der Waals surface area contributed by atoms with Gasteiger partial charge in [0.1, 0.15) is 13.1 Å². The van der Waals surface area contributed by atoms with Gasteiger partial charge in [-0.3, -0.25) is 19.2 Å². The Morgan fingerprint density at radius 1 is 0.800 bits per heavy atom. The van der Waals surface area contributed by atoms with E-state index < -0.39 is 11.9 Å². The van der Waals surface area contributed by atoms with Crippen molar-refractivity contribution in [2.45, 2.75) is 45.4 Å². The van der Waals surface area contributed by atoms with Crippen LogP contribution in [0.5, 0.6) is 0 Å². The van der Waals surface area contributed by atoms with E-state index >= 15 is 0 Å². The van der Waals surface area contributed by atoms with Gasteiger partial charge in [0, 0.05) is 32.7 Å². The maximum atomic E-state index is 12.7. The number of hydrogen-bond acceptors (Lipinski definition) is 6. The molecule has 0 radical (unpaired) electrons. The average molecular weight is 491 g/mol. The van der Waals surface area contributed by atoms with Crippen LogP contribution in [0.2, 0.25) is 0 Å². The summed E-state index contributed by atoms with van der Waals surface area (Å²) in [6, 6.07) is 7.01. The average Bonchev–Trinajstić information content (AvgIpc) is 2.88. The summed E-state index contributed by atoms with van der Waals surface area (Å²) in [4.78, 5) is 52.1. The van der Waals surface area contributed by atoms with Crippen LogP contribution in [0.15, 0.2) is 24.3 Å². The zero-order valence-corrected chi connectivity index (χ0v) is 20.6. The summed E-state index contributed by atoms with van der Waals surface area (Å²) in [5.41, 5.74) is 1.16. The Hall–Kier alpha value is -3.30. The third kappa shape index (κ3) is 9.46. The number of hydrogen-bond donors (Lipinski definition) is 2. The number of rotatable bonds is 10. The Balaban J connectivity index is 0.000000456. The molecule has 3 rings (SSSR count). The molecule has 2 amide bonds. The number of amides is 2. The second-order valence-electron chi connectivity index (χ2n) is 8.79. The highest BCUT2D eigenvalue weighted by Crippen LogP contribution is 2.29. The molecule has 1 aromatic rings. The van der Waals surface area contributed by atoms with Crippen LogP contribution in [-0.4, -0.2) is 96.6 Å². The van der Waals surface area contributed by atoms with Crippen LogP contribution in [0, 0.1) is 0 Å². The number of carbonyl (C=O) groups is 4. The number of likely N-dealkylation sites (N-methyl/N-ethyl adjacent to an activating group) is 1. The van der Waals surface area contributed by atoms with Gasteiger partial charge in [0.2, 0.25) is 12.3 Å². The van der Waals surface area contributed by atoms with Crippen molar-refractivity contribution < 1.29 is 29.4 Å². The molecule has 2 heterocycles. The van der Waals surface area contributed by atoms with Crippen molar-refractivity contribution in [1.29, 1.82) is 0 Å². The van der Waals surface area contributed by atoms with Gasteiger partial charge in [-0.2, -0.15) is 0 Å². The molecule has 194 valence electrons. The van der Waals surface area contributed by atoms with Gasteiger partial charge in [0.05, 0.1) is 17.9 Å². The molecule has 2 fully saturated rings. The molecule has 1 aromatic carbocycles. The molecule has 2 aliphatic heterocycles. The highest BCUT2D eigenvalue weighted by molar-refractivity contribution is 5.87. The quantitative estimate of drug-likeness (QED) is 0.479. The van der Waals surface area contributed by atoms with E-state index in [-0.39, 0.29) is 25.5 Å². The van der Waals surface area contributed by atoms with E-state index in [0.29, 0.717) is 31.0 Å². The van der Waals surface area contributed by atoms with Gasteiger partial charge >= 0.3 is 11.9 Å². The zero-order chi connectivity index (χ0) is 25.6. The molecule has 10 heteroatoms. The lowest BCUT2D eigenvalue weighted by atomic mass is 10.1. The monoisotopic (exact) mass is 490 g/mol. The van der Waals surface area contributed by atoms with Crippen LogP contribution in [0.25, 0.3) is 0 Å². The number of aliphatic carboxylic acids is 2. The molecule has 10 nitrogen and oxygen atoms in total. The normalized spacial score (nSPS) is 15.5. The number of benzene rings is 1. The molecule has 0 bridgehead atoms. The molecule has 35 heavy (non-hydrogen) atoms. The Bertz CT molecular complexity index is 837. The molecule has 0 unspecified atom stereocenters. The highest BCUT2D eigenvalue weighted by atomic mass is 16.4. The molecule has 0 spiro atoms. The van der Waals surface area contributed by atoms with E-state index in [1.807, 2.05) is 11.8 Å². The summed E-state index contributed by atoms with van der Waals surface area (Å²) in [6.45, 7) is 5.05. The second-order valence-corrected chi connectivity index (χ2v) is 8.79. The van der Waals surface area contributed by atoms with Gasteiger partial charge in [-0.1, -0.05) is 12.1 Å². The van der Waals surface area contributed by atoms with Crippen molar-refractivity contribution >= 4 is 35.6 Å². The number of carboxylic acids is 2.